The van der Waals surface area contributed by atoms with E-state index in [1.54, 1.807) is 30.3 Å². The van der Waals surface area contributed by atoms with Gasteiger partial charge >= 0.3 is 0 Å². The molecule has 2 unspecified atom stereocenters. The average Bonchev–Trinajstić information content (AvgIpc) is 2.38. The lowest BCUT2D eigenvalue weighted by Gasteiger charge is -2.14. The first-order valence-electron chi connectivity index (χ1n) is 5.08. The van der Waals surface area contributed by atoms with Gasteiger partial charge in [-0.2, -0.15) is 5.26 Å². The Morgan fingerprint density at radius 2 is 1.71 bits per heavy atom. The summed E-state index contributed by atoms with van der Waals surface area (Å²) >= 11 is 0. The summed E-state index contributed by atoms with van der Waals surface area (Å²) in [7, 11) is 0. The summed E-state index contributed by atoms with van der Waals surface area (Å²) in [6.07, 6.45) is -2.87. The predicted molar refractivity (Wildman–Crippen MR) is 60.5 cm³/mol. The Labute approximate surface area is 97.4 Å². The molecular weight excluding hydrogens is 221 g/mol. The molecule has 3 nitrogen and oxygen atoms in total. The third-order valence-corrected chi connectivity index (χ3v) is 2.65. The van der Waals surface area contributed by atoms with Crippen LogP contribution in [0.25, 0.3) is 10.8 Å². The van der Waals surface area contributed by atoms with Gasteiger partial charge in [-0.1, -0.05) is 30.3 Å². The van der Waals surface area contributed by atoms with E-state index in [0.717, 1.165) is 0 Å². The number of hydrogen-bond donors (Lipinski definition) is 2. The highest BCUT2D eigenvalue weighted by Crippen LogP contribution is 2.27. The topological polar surface area (TPSA) is 64.2 Å². The van der Waals surface area contributed by atoms with Crippen molar-refractivity contribution in [3.8, 4) is 6.07 Å². The van der Waals surface area contributed by atoms with Gasteiger partial charge in [-0.25, -0.2) is 4.39 Å². The fourth-order valence-corrected chi connectivity index (χ4v) is 1.78. The largest absolute Gasteiger partial charge is 0.385 e. The molecule has 0 saturated carbocycles. The van der Waals surface area contributed by atoms with Gasteiger partial charge in [0.1, 0.15) is 11.9 Å². The molecule has 2 rings (SSSR count). The molecule has 0 aliphatic rings. The molecule has 0 amide bonds. The number of halogens is 1. The summed E-state index contributed by atoms with van der Waals surface area (Å²) in [5.74, 6) is -0.400. The molecule has 2 aromatic rings. The van der Waals surface area contributed by atoms with Crippen LogP contribution in [0.15, 0.2) is 36.4 Å². The molecule has 0 radical (unpaired) electrons. The first-order valence-corrected chi connectivity index (χ1v) is 5.08. The molecule has 4 heteroatoms. The Balaban J connectivity index is 2.64. The summed E-state index contributed by atoms with van der Waals surface area (Å²) in [5, 5.41) is 28.5. The van der Waals surface area contributed by atoms with Gasteiger partial charge < -0.3 is 10.2 Å². The Morgan fingerprint density at radius 3 is 2.35 bits per heavy atom. The summed E-state index contributed by atoms with van der Waals surface area (Å²) in [5.41, 5.74) is 0.344. The van der Waals surface area contributed by atoms with Crippen molar-refractivity contribution in [2.24, 2.45) is 0 Å². The molecule has 2 N–H and O–H groups in total. The Hall–Kier alpha value is -1.96. The Morgan fingerprint density at radius 1 is 1.06 bits per heavy atom. The number of nitrogens with zero attached hydrogens (tertiary/aromatic N) is 1. The average molecular weight is 231 g/mol. The molecule has 17 heavy (non-hydrogen) atoms. The minimum atomic E-state index is -1.52. The van der Waals surface area contributed by atoms with E-state index in [-0.39, 0.29) is 0 Å². The highest BCUT2D eigenvalue weighted by atomic mass is 19.1. The van der Waals surface area contributed by atoms with Crippen molar-refractivity contribution in [1.29, 1.82) is 5.26 Å². The second kappa shape index (κ2) is 4.50. The maximum Gasteiger partial charge on any atom is 0.170 e. The highest BCUT2D eigenvalue weighted by Gasteiger charge is 2.20. The highest BCUT2D eigenvalue weighted by molar-refractivity contribution is 5.86. The van der Waals surface area contributed by atoms with Gasteiger partial charge in [0, 0.05) is 5.39 Å². The van der Waals surface area contributed by atoms with Crippen LogP contribution in [0.2, 0.25) is 0 Å². The molecule has 0 fully saturated rings. The van der Waals surface area contributed by atoms with Gasteiger partial charge in [-0.15, -0.1) is 0 Å². The number of aliphatic hydroxyl groups is 2. The minimum Gasteiger partial charge on any atom is -0.385 e. The fraction of sp³-hybridized carbons (Fsp3) is 0.154. The van der Waals surface area contributed by atoms with Gasteiger partial charge in [0.25, 0.3) is 0 Å². The van der Waals surface area contributed by atoms with Gasteiger partial charge in [0.05, 0.1) is 6.07 Å². The van der Waals surface area contributed by atoms with Crippen molar-refractivity contribution in [1.82, 2.24) is 0 Å². The molecule has 0 aliphatic carbocycles. The quantitative estimate of drug-likeness (QED) is 0.776. The molecule has 0 aliphatic heterocycles. The molecule has 0 heterocycles. The number of rotatable bonds is 2. The first kappa shape index (κ1) is 11.5. The van der Waals surface area contributed by atoms with Gasteiger partial charge in [-0.3, -0.25) is 0 Å². The SMILES string of the molecule is N#CC(O)C(O)c1ccc(F)c2ccccc12. The van der Waals surface area contributed by atoms with E-state index in [4.69, 9.17) is 5.26 Å². The fourth-order valence-electron chi connectivity index (χ4n) is 1.78. The van der Waals surface area contributed by atoms with Crippen molar-refractivity contribution in [3.05, 3.63) is 47.8 Å². The third-order valence-electron chi connectivity index (χ3n) is 2.65. The van der Waals surface area contributed by atoms with Crippen LogP contribution >= 0.6 is 0 Å². The maximum absolute atomic E-state index is 13.5. The summed E-state index contributed by atoms with van der Waals surface area (Å²) in [4.78, 5) is 0. The van der Waals surface area contributed by atoms with Crippen molar-refractivity contribution in [2.75, 3.05) is 0 Å². The zero-order valence-electron chi connectivity index (χ0n) is 8.84. The first-order chi connectivity index (χ1) is 8.15. The van der Waals surface area contributed by atoms with Crippen molar-refractivity contribution in [2.45, 2.75) is 12.2 Å². The summed E-state index contributed by atoms with van der Waals surface area (Å²) < 4.78 is 13.5. The lowest BCUT2D eigenvalue weighted by atomic mass is 9.97. The molecule has 0 saturated heterocycles. The molecule has 0 aromatic heterocycles. The van der Waals surface area contributed by atoms with Crippen LogP contribution in [-0.2, 0) is 0 Å². The Bertz CT molecular complexity index is 591. The maximum atomic E-state index is 13.5. The lowest BCUT2D eigenvalue weighted by Crippen LogP contribution is -2.16. The zero-order chi connectivity index (χ0) is 12.4. The van der Waals surface area contributed by atoms with Crippen LogP contribution in [0.4, 0.5) is 4.39 Å². The van der Waals surface area contributed by atoms with Crippen molar-refractivity contribution >= 4 is 10.8 Å². The van der Waals surface area contributed by atoms with Crippen LogP contribution in [0.3, 0.4) is 0 Å². The zero-order valence-corrected chi connectivity index (χ0v) is 8.84. The van der Waals surface area contributed by atoms with E-state index >= 15 is 0 Å². The number of nitriles is 1. The van der Waals surface area contributed by atoms with E-state index < -0.39 is 18.0 Å². The van der Waals surface area contributed by atoms with Crippen LogP contribution < -0.4 is 0 Å². The van der Waals surface area contributed by atoms with E-state index in [1.165, 1.54) is 12.1 Å². The van der Waals surface area contributed by atoms with Crippen LogP contribution in [-0.4, -0.2) is 16.3 Å². The van der Waals surface area contributed by atoms with E-state index in [0.29, 0.717) is 16.3 Å². The number of aliphatic hydroxyl groups excluding tert-OH is 2. The predicted octanol–water partition coefficient (Wildman–Crippen LogP) is 1.90. The summed E-state index contributed by atoms with van der Waals surface area (Å²) in [6, 6.07) is 10.8. The number of hydrogen-bond acceptors (Lipinski definition) is 3. The van der Waals surface area contributed by atoms with Crippen LogP contribution in [0, 0.1) is 17.1 Å². The van der Waals surface area contributed by atoms with Gasteiger partial charge in [0.15, 0.2) is 6.10 Å². The molecule has 0 spiro atoms. The van der Waals surface area contributed by atoms with Crippen molar-refractivity contribution < 1.29 is 14.6 Å². The van der Waals surface area contributed by atoms with Gasteiger partial charge in [0.2, 0.25) is 0 Å². The number of benzene rings is 2. The Kier molecular flexibility index (Phi) is 3.05. The molecular formula is C13H10FNO2. The van der Waals surface area contributed by atoms with Crippen LogP contribution in [0.5, 0.6) is 0 Å². The summed E-state index contributed by atoms with van der Waals surface area (Å²) in [6.45, 7) is 0. The molecule has 0 bridgehead atoms. The second-order valence-corrected chi connectivity index (χ2v) is 3.70. The molecule has 2 aromatic carbocycles. The van der Waals surface area contributed by atoms with Gasteiger partial charge in [-0.05, 0) is 17.0 Å². The smallest absolute Gasteiger partial charge is 0.170 e. The minimum absolute atomic E-state index is 0.344. The number of fused-ring (bicyclic) bond motifs is 1. The van der Waals surface area contributed by atoms with Crippen molar-refractivity contribution in [3.63, 3.8) is 0 Å². The molecule has 86 valence electrons. The van der Waals surface area contributed by atoms with E-state index in [9.17, 15) is 14.6 Å². The normalized spacial score (nSPS) is 14.2. The third kappa shape index (κ3) is 1.98. The monoisotopic (exact) mass is 231 g/mol. The van der Waals surface area contributed by atoms with E-state index in [1.807, 2.05) is 0 Å². The second-order valence-electron chi connectivity index (χ2n) is 3.70. The lowest BCUT2D eigenvalue weighted by molar-refractivity contribution is 0.0537. The standard InChI is InChI=1S/C13H10FNO2/c14-11-6-5-10(13(17)12(16)7-15)8-3-1-2-4-9(8)11/h1-6,12-13,16-17H. The molecule has 2 atom stereocenters. The van der Waals surface area contributed by atoms with Crippen LogP contribution in [0.1, 0.15) is 11.7 Å². The van der Waals surface area contributed by atoms with E-state index in [2.05, 4.69) is 0 Å².